The SMILES string of the molecule is Cc1cccc(NC(=O)c2cccc(NC(=S)NC(=O)CCC3CCCCC3)c2)c1. The third-order valence-corrected chi connectivity index (χ3v) is 5.62. The molecule has 2 aromatic carbocycles. The van der Waals surface area contributed by atoms with Gasteiger partial charge in [0.15, 0.2) is 5.11 Å². The fourth-order valence-corrected chi connectivity index (χ4v) is 4.06. The molecule has 3 N–H and O–H groups in total. The smallest absolute Gasteiger partial charge is 0.255 e. The van der Waals surface area contributed by atoms with E-state index in [0.29, 0.717) is 23.6 Å². The summed E-state index contributed by atoms with van der Waals surface area (Å²) < 4.78 is 0. The lowest BCUT2D eigenvalue weighted by Gasteiger charge is -2.21. The fraction of sp³-hybridized carbons (Fsp3) is 0.375. The van der Waals surface area contributed by atoms with Gasteiger partial charge in [0.1, 0.15) is 0 Å². The summed E-state index contributed by atoms with van der Waals surface area (Å²) >= 11 is 5.27. The highest BCUT2D eigenvalue weighted by molar-refractivity contribution is 7.80. The highest BCUT2D eigenvalue weighted by atomic mass is 32.1. The Morgan fingerprint density at radius 3 is 2.40 bits per heavy atom. The van der Waals surface area contributed by atoms with Crippen LogP contribution >= 0.6 is 12.2 Å². The molecule has 0 radical (unpaired) electrons. The molecule has 0 aromatic heterocycles. The Balaban J connectivity index is 1.49. The van der Waals surface area contributed by atoms with Gasteiger partial charge < -0.3 is 16.0 Å². The van der Waals surface area contributed by atoms with E-state index in [1.54, 1.807) is 18.2 Å². The van der Waals surface area contributed by atoms with E-state index in [4.69, 9.17) is 12.2 Å². The first kappa shape index (κ1) is 22.0. The quantitative estimate of drug-likeness (QED) is 0.543. The van der Waals surface area contributed by atoms with Crippen molar-refractivity contribution in [3.05, 3.63) is 59.7 Å². The fourth-order valence-electron chi connectivity index (χ4n) is 3.83. The molecule has 1 aliphatic carbocycles. The summed E-state index contributed by atoms with van der Waals surface area (Å²) in [5.74, 6) is 0.396. The third kappa shape index (κ3) is 6.95. The Hall–Kier alpha value is -2.73. The first-order chi connectivity index (χ1) is 14.5. The van der Waals surface area contributed by atoms with Crippen molar-refractivity contribution in [3.63, 3.8) is 0 Å². The molecule has 0 unspecified atom stereocenters. The lowest BCUT2D eigenvalue weighted by Crippen LogP contribution is -2.34. The maximum atomic E-state index is 12.5. The first-order valence-corrected chi connectivity index (χ1v) is 11.0. The summed E-state index contributed by atoms with van der Waals surface area (Å²) in [4.78, 5) is 24.7. The van der Waals surface area contributed by atoms with Crippen LogP contribution in [-0.4, -0.2) is 16.9 Å². The van der Waals surface area contributed by atoms with Crippen LogP contribution in [0, 0.1) is 12.8 Å². The zero-order valence-corrected chi connectivity index (χ0v) is 18.2. The van der Waals surface area contributed by atoms with Crippen LogP contribution in [0.3, 0.4) is 0 Å². The Kier molecular flexibility index (Phi) is 7.97. The molecule has 2 aromatic rings. The van der Waals surface area contributed by atoms with Crippen LogP contribution in [0.2, 0.25) is 0 Å². The number of carbonyl (C=O) groups excluding carboxylic acids is 2. The lowest BCUT2D eigenvalue weighted by atomic mass is 9.86. The second kappa shape index (κ2) is 10.9. The molecule has 0 saturated heterocycles. The predicted octanol–water partition coefficient (Wildman–Crippen LogP) is 5.42. The largest absolute Gasteiger partial charge is 0.332 e. The first-order valence-electron chi connectivity index (χ1n) is 10.6. The summed E-state index contributed by atoms with van der Waals surface area (Å²) in [6, 6.07) is 14.7. The van der Waals surface area contributed by atoms with Crippen LogP contribution in [0.15, 0.2) is 48.5 Å². The van der Waals surface area contributed by atoms with Crippen LogP contribution in [0.1, 0.15) is 60.9 Å². The monoisotopic (exact) mass is 423 g/mol. The number of carbonyl (C=O) groups is 2. The molecule has 1 saturated carbocycles. The van der Waals surface area contributed by atoms with E-state index >= 15 is 0 Å². The third-order valence-electron chi connectivity index (χ3n) is 5.42. The summed E-state index contributed by atoms with van der Waals surface area (Å²) in [5, 5.41) is 8.88. The number of hydrogen-bond acceptors (Lipinski definition) is 3. The van der Waals surface area contributed by atoms with Crippen molar-refractivity contribution < 1.29 is 9.59 Å². The van der Waals surface area contributed by atoms with E-state index in [9.17, 15) is 9.59 Å². The standard InChI is InChI=1S/C24H29N3O2S/c1-17-7-5-11-20(15-17)25-23(29)19-10-6-12-21(16-19)26-24(30)27-22(28)14-13-18-8-3-2-4-9-18/h5-7,10-12,15-16,18H,2-4,8-9,13-14H2,1H3,(H,25,29)(H2,26,27,28,30). The summed E-state index contributed by atoms with van der Waals surface area (Å²) in [6.45, 7) is 1.98. The van der Waals surface area contributed by atoms with E-state index in [-0.39, 0.29) is 16.9 Å². The van der Waals surface area contributed by atoms with Gasteiger partial charge in [0.05, 0.1) is 0 Å². The second-order valence-electron chi connectivity index (χ2n) is 7.95. The number of anilines is 2. The molecule has 0 bridgehead atoms. The average molecular weight is 424 g/mol. The van der Waals surface area contributed by atoms with Crippen molar-refractivity contribution >= 4 is 40.5 Å². The predicted molar refractivity (Wildman–Crippen MR) is 126 cm³/mol. The number of amides is 2. The number of benzene rings is 2. The summed E-state index contributed by atoms with van der Waals surface area (Å²) in [6.07, 6.45) is 7.74. The van der Waals surface area contributed by atoms with E-state index in [2.05, 4.69) is 16.0 Å². The molecule has 0 atom stereocenters. The molecular weight excluding hydrogens is 394 g/mol. The normalized spacial score (nSPS) is 14.0. The Morgan fingerprint density at radius 2 is 1.67 bits per heavy atom. The summed E-state index contributed by atoms with van der Waals surface area (Å²) in [7, 11) is 0. The minimum absolute atomic E-state index is 0.0635. The van der Waals surface area contributed by atoms with Crippen LogP contribution in [0.25, 0.3) is 0 Å². The van der Waals surface area contributed by atoms with E-state index in [0.717, 1.165) is 17.7 Å². The van der Waals surface area contributed by atoms with Gasteiger partial charge in [-0.2, -0.15) is 0 Å². The van der Waals surface area contributed by atoms with Crippen molar-refractivity contribution in [1.29, 1.82) is 0 Å². The van der Waals surface area contributed by atoms with Crippen molar-refractivity contribution in [1.82, 2.24) is 5.32 Å². The maximum absolute atomic E-state index is 12.5. The molecule has 6 heteroatoms. The van der Waals surface area contributed by atoms with Crippen molar-refractivity contribution in [2.24, 2.45) is 5.92 Å². The zero-order valence-electron chi connectivity index (χ0n) is 17.4. The number of rotatable bonds is 6. The van der Waals surface area contributed by atoms with Crippen LogP contribution < -0.4 is 16.0 Å². The minimum Gasteiger partial charge on any atom is -0.332 e. The minimum atomic E-state index is -0.202. The van der Waals surface area contributed by atoms with Crippen molar-refractivity contribution in [2.45, 2.75) is 51.9 Å². The van der Waals surface area contributed by atoms with Gasteiger partial charge in [-0.1, -0.05) is 50.3 Å². The molecule has 30 heavy (non-hydrogen) atoms. The van der Waals surface area contributed by atoms with Crippen LogP contribution in [0.4, 0.5) is 11.4 Å². The van der Waals surface area contributed by atoms with Gasteiger partial charge in [-0.3, -0.25) is 9.59 Å². The molecule has 0 heterocycles. The molecule has 158 valence electrons. The molecule has 1 aliphatic rings. The van der Waals surface area contributed by atoms with E-state index < -0.39 is 0 Å². The molecule has 0 aliphatic heterocycles. The Morgan fingerprint density at radius 1 is 0.967 bits per heavy atom. The number of thiocarbonyl (C=S) groups is 1. The topological polar surface area (TPSA) is 70.2 Å². The Labute approximate surface area is 183 Å². The van der Waals surface area contributed by atoms with E-state index in [1.165, 1.54) is 32.1 Å². The molecular formula is C24H29N3O2S. The van der Waals surface area contributed by atoms with Crippen LogP contribution in [0.5, 0.6) is 0 Å². The molecule has 2 amide bonds. The van der Waals surface area contributed by atoms with Gasteiger partial charge in [-0.25, -0.2) is 0 Å². The van der Waals surface area contributed by atoms with Gasteiger partial charge >= 0.3 is 0 Å². The lowest BCUT2D eigenvalue weighted by molar-refractivity contribution is -0.120. The van der Waals surface area contributed by atoms with E-state index in [1.807, 2.05) is 37.3 Å². The maximum Gasteiger partial charge on any atom is 0.255 e. The number of nitrogens with one attached hydrogen (secondary N) is 3. The van der Waals surface area contributed by atoms with Crippen molar-refractivity contribution in [3.8, 4) is 0 Å². The van der Waals surface area contributed by atoms with Gasteiger partial charge in [0, 0.05) is 23.4 Å². The zero-order chi connectivity index (χ0) is 21.3. The number of aryl methyl sites for hydroxylation is 1. The van der Waals surface area contributed by atoms with Crippen molar-refractivity contribution in [2.75, 3.05) is 10.6 Å². The Bertz CT molecular complexity index is 907. The molecule has 3 rings (SSSR count). The molecule has 1 fully saturated rings. The number of hydrogen-bond donors (Lipinski definition) is 3. The second-order valence-corrected chi connectivity index (χ2v) is 8.36. The van der Waals surface area contributed by atoms with Gasteiger partial charge in [-0.05, 0) is 67.4 Å². The molecule has 0 spiro atoms. The van der Waals surface area contributed by atoms with Crippen LogP contribution in [-0.2, 0) is 4.79 Å². The molecule has 5 nitrogen and oxygen atoms in total. The summed E-state index contributed by atoms with van der Waals surface area (Å²) in [5.41, 5.74) is 2.99. The van der Waals surface area contributed by atoms with Gasteiger partial charge in [0.2, 0.25) is 5.91 Å². The highest BCUT2D eigenvalue weighted by Gasteiger charge is 2.15. The highest BCUT2D eigenvalue weighted by Crippen LogP contribution is 2.27. The van der Waals surface area contributed by atoms with Gasteiger partial charge in [0.25, 0.3) is 5.91 Å². The van der Waals surface area contributed by atoms with Gasteiger partial charge in [-0.15, -0.1) is 0 Å². The average Bonchev–Trinajstić information content (AvgIpc) is 2.73.